The summed E-state index contributed by atoms with van der Waals surface area (Å²) in [5.41, 5.74) is 0. The van der Waals surface area contributed by atoms with Crippen molar-refractivity contribution in [2.24, 2.45) is 5.92 Å². The highest BCUT2D eigenvalue weighted by molar-refractivity contribution is 5.73. The number of esters is 1. The molecule has 0 aliphatic rings. The van der Waals surface area contributed by atoms with Gasteiger partial charge >= 0.3 is 5.97 Å². The van der Waals surface area contributed by atoms with Gasteiger partial charge < -0.3 is 9.84 Å². The lowest BCUT2D eigenvalue weighted by molar-refractivity contribution is -0.152. The van der Waals surface area contributed by atoms with Crippen LogP contribution in [-0.4, -0.2) is 23.8 Å². The van der Waals surface area contributed by atoms with Crippen LogP contribution in [0, 0.1) is 18.3 Å². The molecule has 0 radical (unpaired) electrons. The van der Waals surface area contributed by atoms with Crippen molar-refractivity contribution in [3.63, 3.8) is 0 Å². The van der Waals surface area contributed by atoms with Crippen molar-refractivity contribution in [1.82, 2.24) is 0 Å². The van der Waals surface area contributed by atoms with E-state index in [4.69, 9.17) is 11.2 Å². The standard InChI is InChI=1S/C15H26O3/c1-4-6-7-8-9-10-12-18-15(17)14(11-5-2)13(3)16/h2,13-14,16H,4,6-12H2,1,3H3/t13-,14-/m0/s1. The second kappa shape index (κ2) is 11.1. The smallest absolute Gasteiger partial charge is 0.312 e. The zero-order valence-corrected chi connectivity index (χ0v) is 11.7. The highest BCUT2D eigenvalue weighted by atomic mass is 16.5. The van der Waals surface area contributed by atoms with Crippen LogP contribution in [0.3, 0.4) is 0 Å². The Morgan fingerprint density at radius 3 is 2.44 bits per heavy atom. The van der Waals surface area contributed by atoms with Crippen LogP contribution >= 0.6 is 0 Å². The Kier molecular flexibility index (Phi) is 10.5. The molecule has 0 bridgehead atoms. The van der Waals surface area contributed by atoms with Crippen molar-refractivity contribution in [3.05, 3.63) is 0 Å². The van der Waals surface area contributed by atoms with Gasteiger partial charge in [-0.05, 0) is 13.3 Å². The summed E-state index contributed by atoms with van der Waals surface area (Å²) in [5.74, 6) is 1.43. The molecule has 0 spiro atoms. The van der Waals surface area contributed by atoms with E-state index in [0.29, 0.717) is 6.61 Å². The maximum absolute atomic E-state index is 11.6. The van der Waals surface area contributed by atoms with Crippen LogP contribution in [-0.2, 0) is 9.53 Å². The van der Waals surface area contributed by atoms with Crippen LogP contribution in [0.4, 0.5) is 0 Å². The second-order valence-corrected chi connectivity index (χ2v) is 4.69. The number of terminal acetylenes is 1. The number of hydrogen-bond acceptors (Lipinski definition) is 3. The molecule has 0 amide bonds. The molecule has 2 atom stereocenters. The van der Waals surface area contributed by atoms with Gasteiger partial charge in [-0.15, -0.1) is 12.3 Å². The SMILES string of the molecule is C#CC[C@H](C(=O)OCCCCCCCC)[C@H](C)O. The minimum absolute atomic E-state index is 0.229. The first kappa shape index (κ1) is 17.0. The lowest BCUT2D eigenvalue weighted by atomic mass is 10.0. The van der Waals surface area contributed by atoms with Gasteiger partial charge in [-0.3, -0.25) is 4.79 Å². The highest BCUT2D eigenvalue weighted by Crippen LogP contribution is 2.11. The Bertz CT molecular complexity index is 253. The number of carbonyl (C=O) groups excluding carboxylic acids is 1. The average molecular weight is 254 g/mol. The third-order valence-electron chi connectivity index (χ3n) is 2.97. The van der Waals surface area contributed by atoms with E-state index in [1.807, 2.05) is 0 Å². The monoisotopic (exact) mass is 254 g/mol. The summed E-state index contributed by atoms with van der Waals surface area (Å²) >= 11 is 0. The Morgan fingerprint density at radius 1 is 1.28 bits per heavy atom. The number of unbranched alkanes of at least 4 members (excludes halogenated alkanes) is 5. The summed E-state index contributed by atoms with van der Waals surface area (Å²) in [6.45, 7) is 4.18. The molecule has 0 aliphatic carbocycles. The number of aliphatic hydroxyl groups is 1. The minimum Gasteiger partial charge on any atom is -0.465 e. The molecule has 18 heavy (non-hydrogen) atoms. The van der Waals surface area contributed by atoms with E-state index >= 15 is 0 Å². The quantitative estimate of drug-likeness (QED) is 0.370. The Morgan fingerprint density at radius 2 is 1.89 bits per heavy atom. The van der Waals surface area contributed by atoms with E-state index in [1.165, 1.54) is 25.7 Å². The second-order valence-electron chi connectivity index (χ2n) is 4.69. The normalized spacial score (nSPS) is 13.7. The maximum Gasteiger partial charge on any atom is 0.312 e. The van der Waals surface area contributed by atoms with Gasteiger partial charge in [0.1, 0.15) is 0 Å². The molecule has 0 unspecified atom stereocenters. The molecule has 0 aromatic rings. The molecule has 0 aromatic carbocycles. The van der Waals surface area contributed by atoms with Gasteiger partial charge in [0, 0.05) is 6.42 Å². The fraction of sp³-hybridized carbons (Fsp3) is 0.800. The topological polar surface area (TPSA) is 46.5 Å². The van der Waals surface area contributed by atoms with Crippen LogP contribution in [0.1, 0.15) is 58.8 Å². The van der Waals surface area contributed by atoms with Crippen LogP contribution in [0.2, 0.25) is 0 Å². The molecule has 104 valence electrons. The maximum atomic E-state index is 11.6. The molecule has 1 N–H and O–H groups in total. The molecule has 0 aromatic heterocycles. The number of carbonyl (C=O) groups is 1. The molecule has 0 rings (SSSR count). The molecular weight excluding hydrogens is 228 g/mol. The molecular formula is C15H26O3. The molecule has 0 saturated carbocycles. The lowest BCUT2D eigenvalue weighted by Crippen LogP contribution is -2.27. The van der Waals surface area contributed by atoms with Crippen LogP contribution in [0.15, 0.2) is 0 Å². The van der Waals surface area contributed by atoms with Crippen molar-refractivity contribution in [1.29, 1.82) is 0 Å². The first-order valence-corrected chi connectivity index (χ1v) is 6.91. The van der Waals surface area contributed by atoms with Gasteiger partial charge in [0.05, 0.1) is 18.6 Å². The largest absolute Gasteiger partial charge is 0.465 e. The van der Waals surface area contributed by atoms with Gasteiger partial charge in [0.25, 0.3) is 0 Å². The van der Waals surface area contributed by atoms with E-state index in [9.17, 15) is 9.90 Å². The van der Waals surface area contributed by atoms with Gasteiger partial charge in [-0.1, -0.05) is 39.0 Å². The van der Waals surface area contributed by atoms with Crippen molar-refractivity contribution < 1.29 is 14.6 Å². The van der Waals surface area contributed by atoms with Gasteiger partial charge in [0.2, 0.25) is 0 Å². The van der Waals surface area contributed by atoms with Crippen LogP contribution < -0.4 is 0 Å². The Balaban J connectivity index is 3.65. The molecule has 3 heteroatoms. The molecule has 3 nitrogen and oxygen atoms in total. The number of ether oxygens (including phenoxy) is 1. The van der Waals surface area contributed by atoms with E-state index < -0.39 is 12.0 Å². The predicted octanol–water partition coefficient (Wildman–Crippen LogP) is 2.91. The first-order valence-electron chi connectivity index (χ1n) is 6.91. The Labute approximate surface area is 111 Å². The average Bonchev–Trinajstić information content (AvgIpc) is 2.34. The predicted molar refractivity (Wildman–Crippen MR) is 73.0 cm³/mol. The summed E-state index contributed by atoms with van der Waals surface area (Å²) in [5, 5.41) is 9.42. The van der Waals surface area contributed by atoms with E-state index in [0.717, 1.165) is 12.8 Å². The third kappa shape index (κ3) is 8.14. The summed E-state index contributed by atoms with van der Waals surface area (Å²) in [6, 6.07) is 0. The fourth-order valence-electron chi connectivity index (χ4n) is 1.74. The van der Waals surface area contributed by atoms with Gasteiger partial charge in [-0.25, -0.2) is 0 Å². The number of hydrogen-bond donors (Lipinski definition) is 1. The zero-order chi connectivity index (χ0) is 13.8. The van der Waals surface area contributed by atoms with Crippen LogP contribution in [0.5, 0.6) is 0 Å². The number of rotatable bonds is 10. The molecule has 0 saturated heterocycles. The van der Waals surface area contributed by atoms with Crippen molar-refractivity contribution in [2.45, 2.75) is 64.9 Å². The minimum atomic E-state index is -0.752. The summed E-state index contributed by atoms with van der Waals surface area (Å²) in [4.78, 5) is 11.6. The molecule has 0 fully saturated rings. The summed E-state index contributed by atoms with van der Waals surface area (Å²) in [7, 11) is 0. The lowest BCUT2D eigenvalue weighted by Gasteiger charge is -2.16. The Hall–Kier alpha value is -1.01. The van der Waals surface area contributed by atoms with Gasteiger partial charge in [0.15, 0.2) is 0 Å². The van der Waals surface area contributed by atoms with E-state index in [-0.39, 0.29) is 12.4 Å². The summed E-state index contributed by atoms with van der Waals surface area (Å²) < 4.78 is 5.13. The van der Waals surface area contributed by atoms with Crippen molar-refractivity contribution in [2.75, 3.05) is 6.61 Å². The molecule has 0 aliphatic heterocycles. The van der Waals surface area contributed by atoms with E-state index in [1.54, 1.807) is 6.92 Å². The third-order valence-corrected chi connectivity index (χ3v) is 2.97. The fourth-order valence-corrected chi connectivity index (χ4v) is 1.74. The van der Waals surface area contributed by atoms with Gasteiger partial charge in [-0.2, -0.15) is 0 Å². The highest BCUT2D eigenvalue weighted by Gasteiger charge is 2.23. The van der Waals surface area contributed by atoms with E-state index in [2.05, 4.69) is 12.8 Å². The van der Waals surface area contributed by atoms with Crippen LogP contribution in [0.25, 0.3) is 0 Å². The zero-order valence-electron chi connectivity index (χ0n) is 11.7. The van der Waals surface area contributed by atoms with Crippen molar-refractivity contribution >= 4 is 5.97 Å². The first-order chi connectivity index (χ1) is 8.63. The number of aliphatic hydroxyl groups excluding tert-OH is 1. The molecule has 0 heterocycles. The summed E-state index contributed by atoms with van der Waals surface area (Å²) in [6.07, 6.45) is 11.5. The van der Waals surface area contributed by atoms with Crippen molar-refractivity contribution in [3.8, 4) is 12.3 Å².